The maximum absolute atomic E-state index is 9.75. The molecule has 2 rings (SSSR count). The first kappa shape index (κ1) is 15.4. The van der Waals surface area contributed by atoms with Crippen molar-refractivity contribution in [1.82, 2.24) is 0 Å². The zero-order chi connectivity index (χ0) is 15.2. The number of aliphatic hydroxyl groups is 1. The largest absolute Gasteiger partial charge is 0.493 e. The molecule has 0 aromatic heterocycles. The van der Waals surface area contributed by atoms with Crippen LogP contribution in [0.4, 0.5) is 0 Å². The number of hydrogen-bond acceptors (Lipinski definition) is 3. The van der Waals surface area contributed by atoms with Gasteiger partial charge in [0.25, 0.3) is 0 Å². The Kier molecular flexibility index (Phi) is 5.23. The highest BCUT2D eigenvalue weighted by Crippen LogP contribution is 2.32. The smallest absolute Gasteiger partial charge is 0.160 e. The van der Waals surface area contributed by atoms with E-state index >= 15 is 0 Å². The van der Waals surface area contributed by atoms with Crippen molar-refractivity contribution in [2.45, 2.75) is 19.3 Å². The third-order valence-electron chi connectivity index (χ3n) is 3.83. The van der Waals surface area contributed by atoms with E-state index in [-0.39, 0.29) is 12.5 Å². The summed E-state index contributed by atoms with van der Waals surface area (Å²) in [5.41, 5.74) is 3.56. The summed E-state index contributed by atoms with van der Waals surface area (Å²) >= 11 is 0. The van der Waals surface area contributed by atoms with E-state index in [4.69, 9.17) is 9.47 Å². The van der Waals surface area contributed by atoms with E-state index < -0.39 is 0 Å². The van der Waals surface area contributed by atoms with Crippen LogP contribution in [-0.2, 0) is 6.42 Å². The molecule has 21 heavy (non-hydrogen) atoms. The van der Waals surface area contributed by atoms with Gasteiger partial charge >= 0.3 is 0 Å². The lowest BCUT2D eigenvalue weighted by Gasteiger charge is -2.18. The molecule has 0 saturated carbocycles. The second-order valence-corrected chi connectivity index (χ2v) is 5.12. The monoisotopic (exact) mass is 286 g/mol. The van der Waals surface area contributed by atoms with Crippen molar-refractivity contribution in [3.63, 3.8) is 0 Å². The van der Waals surface area contributed by atoms with Gasteiger partial charge < -0.3 is 14.6 Å². The molecule has 0 aliphatic carbocycles. The summed E-state index contributed by atoms with van der Waals surface area (Å²) in [7, 11) is 3.24. The number of methoxy groups -OCH3 is 2. The maximum Gasteiger partial charge on any atom is 0.160 e. The van der Waals surface area contributed by atoms with Gasteiger partial charge in [0.15, 0.2) is 11.5 Å². The predicted molar refractivity (Wildman–Crippen MR) is 84.3 cm³/mol. The lowest BCUT2D eigenvalue weighted by atomic mass is 9.90. The first-order chi connectivity index (χ1) is 10.2. The number of benzene rings is 2. The summed E-state index contributed by atoms with van der Waals surface area (Å²) in [4.78, 5) is 0. The minimum absolute atomic E-state index is 0.0471. The van der Waals surface area contributed by atoms with Gasteiger partial charge in [-0.2, -0.15) is 0 Å². The fourth-order valence-electron chi connectivity index (χ4n) is 2.50. The molecule has 1 N–H and O–H groups in total. The molecule has 0 aliphatic heterocycles. The van der Waals surface area contributed by atoms with E-state index in [1.165, 1.54) is 11.1 Å². The minimum Gasteiger partial charge on any atom is -0.493 e. The lowest BCUT2D eigenvalue weighted by Crippen LogP contribution is -2.09. The van der Waals surface area contributed by atoms with Crippen LogP contribution < -0.4 is 9.47 Å². The normalized spacial score (nSPS) is 12.0. The maximum atomic E-state index is 9.75. The predicted octanol–water partition coefficient (Wildman–Crippen LogP) is 3.33. The van der Waals surface area contributed by atoms with Crippen LogP contribution in [0.2, 0.25) is 0 Å². The standard InChI is InChI=1S/C18H22O3/c1-13-6-4-5-7-14(13)10-16(12-19)15-8-9-17(20-2)18(11-15)21-3/h4-9,11,16,19H,10,12H2,1-3H3. The van der Waals surface area contributed by atoms with Crippen molar-refractivity contribution in [1.29, 1.82) is 0 Å². The Balaban J connectivity index is 2.27. The van der Waals surface area contributed by atoms with Crippen molar-refractivity contribution >= 4 is 0 Å². The van der Waals surface area contributed by atoms with Crippen molar-refractivity contribution in [2.75, 3.05) is 20.8 Å². The van der Waals surface area contributed by atoms with Crippen molar-refractivity contribution in [2.24, 2.45) is 0 Å². The number of hydrogen-bond donors (Lipinski definition) is 1. The fraction of sp³-hybridized carbons (Fsp3) is 0.333. The summed E-state index contributed by atoms with van der Waals surface area (Å²) in [6, 6.07) is 14.1. The lowest BCUT2D eigenvalue weighted by molar-refractivity contribution is 0.264. The Morgan fingerprint density at radius 2 is 1.71 bits per heavy atom. The van der Waals surface area contributed by atoms with Crippen LogP contribution in [0.1, 0.15) is 22.6 Å². The summed E-state index contributed by atoms with van der Waals surface area (Å²) in [6.07, 6.45) is 0.804. The minimum atomic E-state index is 0.0471. The number of ether oxygens (including phenoxy) is 2. The van der Waals surface area contributed by atoms with Crippen LogP contribution in [0.25, 0.3) is 0 Å². The van der Waals surface area contributed by atoms with Crippen LogP contribution in [0.15, 0.2) is 42.5 Å². The van der Waals surface area contributed by atoms with Crippen LogP contribution in [0.3, 0.4) is 0 Å². The fourth-order valence-corrected chi connectivity index (χ4v) is 2.50. The number of aliphatic hydroxyl groups excluding tert-OH is 1. The van der Waals surface area contributed by atoms with E-state index in [0.717, 1.165) is 12.0 Å². The molecule has 0 radical (unpaired) electrons. The van der Waals surface area contributed by atoms with Crippen molar-refractivity contribution in [3.05, 3.63) is 59.2 Å². The highest BCUT2D eigenvalue weighted by molar-refractivity contribution is 5.44. The first-order valence-corrected chi connectivity index (χ1v) is 7.07. The highest BCUT2D eigenvalue weighted by Gasteiger charge is 2.15. The van der Waals surface area contributed by atoms with Crippen LogP contribution in [-0.4, -0.2) is 25.9 Å². The van der Waals surface area contributed by atoms with Crippen molar-refractivity contribution < 1.29 is 14.6 Å². The molecule has 2 aromatic rings. The van der Waals surface area contributed by atoms with Gasteiger partial charge in [-0.25, -0.2) is 0 Å². The van der Waals surface area contributed by atoms with Crippen LogP contribution in [0.5, 0.6) is 11.5 Å². The van der Waals surface area contributed by atoms with E-state index in [9.17, 15) is 5.11 Å². The molecule has 1 atom stereocenters. The zero-order valence-corrected chi connectivity index (χ0v) is 12.8. The molecule has 2 aromatic carbocycles. The molecule has 0 aliphatic rings. The number of rotatable bonds is 6. The van der Waals surface area contributed by atoms with E-state index in [2.05, 4.69) is 19.1 Å². The van der Waals surface area contributed by atoms with E-state index in [0.29, 0.717) is 11.5 Å². The Morgan fingerprint density at radius 3 is 2.33 bits per heavy atom. The second kappa shape index (κ2) is 7.14. The van der Waals surface area contributed by atoms with E-state index in [1.54, 1.807) is 14.2 Å². The van der Waals surface area contributed by atoms with Crippen LogP contribution >= 0.6 is 0 Å². The third kappa shape index (κ3) is 3.56. The Hall–Kier alpha value is -2.00. The van der Waals surface area contributed by atoms with Gasteiger partial charge in [0, 0.05) is 5.92 Å². The van der Waals surface area contributed by atoms with Crippen molar-refractivity contribution in [3.8, 4) is 11.5 Å². The Bertz CT molecular complexity index is 593. The summed E-state index contributed by atoms with van der Waals surface area (Å²) in [5, 5.41) is 9.75. The van der Waals surface area contributed by atoms with E-state index in [1.807, 2.05) is 30.3 Å². The molecule has 0 amide bonds. The van der Waals surface area contributed by atoms with Gasteiger partial charge in [-0.05, 0) is 42.2 Å². The van der Waals surface area contributed by atoms with Crippen LogP contribution in [0, 0.1) is 6.92 Å². The van der Waals surface area contributed by atoms with Gasteiger partial charge in [0.05, 0.1) is 20.8 Å². The Labute approximate surface area is 126 Å². The average Bonchev–Trinajstić information content (AvgIpc) is 2.53. The molecule has 3 nitrogen and oxygen atoms in total. The molecule has 0 spiro atoms. The topological polar surface area (TPSA) is 38.7 Å². The SMILES string of the molecule is COc1ccc(C(CO)Cc2ccccc2C)cc1OC. The molecule has 0 saturated heterocycles. The quantitative estimate of drug-likeness (QED) is 0.885. The molecule has 0 bridgehead atoms. The third-order valence-corrected chi connectivity index (χ3v) is 3.83. The molecular weight excluding hydrogens is 264 g/mol. The molecule has 0 heterocycles. The molecule has 112 valence electrons. The molecule has 0 fully saturated rings. The second-order valence-electron chi connectivity index (χ2n) is 5.12. The Morgan fingerprint density at radius 1 is 1.00 bits per heavy atom. The van der Waals surface area contributed by atoms with Gasteiger partial charge in [-0.1, -0.05) is 30.3 Å². The van der Waals surface area contributed by atoms with Gasteiger partial charge in [0.1, 0.15) is 0 Å². The molecule has 3 heteroatoms. The average molecular weight is 286 g/mol. The zero-order valence-electron chi connectivity index (χ0n) is 12.8. The van der Waals surface area contributed by atoms with Gasteiger partial charge in [0.2, 0.25) is 0 Å². The number of aryl methyl sites for hydroxylation is 1. The highest BCUT2D eigenvalue weighted by atomic mass is 16.5. The summed E-state index contributed by atoms with van der Waals surface area (Å²) in [5.74, 6) is 1.44. The van der Waals surface area contributed by atoms with Gasteiger partial charge in [-0.3, -0.25) is 0 Å². The molecule has 1 unspecified atom stereocenters. The summed E-state index contributed by atoms with van der Waals surface area (Å²) in [6.45, 7) is 2.20. The summed E-state index contributed by atoms with van der Waals surface area (Å²) < 4.78 is 10.6. The van der Waals surface area contributed by atoms with Gasteiger partial charge in [-0.15, -0.1) is 0 Å². The molecular formula is C18H22O3. The first-order valence-electron chi connectivity index (χ1n) is 7.07.